The number of hydrogen-bond acceptors (Lipinski definition) is 7. The number of methoxy groups -OCH3 is 1. The van der Waals surface area contributed by atoms with Gasteiger partial charge in [0.05, 0.1) is 17.4 Å². The number of halogens is 1. The lowest BCUT2D eigenvalue weighted by Crippen LogP contribution is -1.92. The van der Waals surface area contributed by atoms with Gasteiger partial charge < -0.3 is 13.6 Å². The van der Waals surface area contributed by atoms with Crippen molar-refractivity contribution in [3.8, 4) is 28.9 Å². The van der Waals surface area contributed by atoms with Gasteiger partial charge in [0.15, 0.2) is 5.76 Å². The summed E-state index contributed by atoms with van der Waals surface area (Å²) in [7, 11) is 1.57. The second-order valence-corrected chi connectivity index (χ2v) is 6.16. The standard InChI is InChI=1S/C18H12ClN3O5/c1-9-15-13(25-2)4-3-5-14(15)26-16(9)18-21-20-17(27-18)11-7-6-10(19)8-12(11)22(23)24/h3-8H,1-2H3. The maximum absolute atomic E-state index is 11.3. The van der Waals surface area contributed by atoms with E-state index in [1.165, 1.54) is 18.2 Å². The summed E-state index contributed by atoms with van der Waals surface area (Å²) >= 11 is 5.85. The Hall–Kier alpha value is -3.39. The SMILES string of the molecule is COc1cccc2oc(-c3nnc(-c4ccc(Cl)cc4[N+](=O)[O-])o3)c(C)c12. The van der Waals surface area contributed by atoms with Crippen molar-refractivity contribution in [1.82, 2.24) is 10.2 Å². The summed E-state index contributed by atoms with van der Waals surface area (Å²) in [6.07, 6.45) is 0. The number of rotatable bonds is 4. The number of furan rings is 1. The Bertz CT molecular complexity index is 1180. The van der Waals surface area contributed by atoms with Gasteiger partial charge in [-0.2, -0.15) is 0 Å². The molecule has 27 heavy (non-hydrogen) atoms. The predicted molar refractivity (Wildman–Crippen MR) is 97.9 cm³/mol. The van der Waals surface area contributed by atoms with E-state index in [4.69, 9.17) is 25.2 Å². The monoisotopic (exact) mass is 385 g/mol. The van der Waals surface area contributed by atoms with Gasteiger partial charge in [-0.05, 0) is 31.2 Å². The van der Waals surface area contributed by atoms with Crippen molar-refractivity contribution < 1.29 is 18.5 Å². The summed E-state index contributed by atoms with van der Waals surface area (Å²) in [5.41, 5.74) is 1.33. The van der Waals surface area contributed by atoms with Crippen LogP contribution in [0.1, 0.15) is 5.56 Å². The molecule has 0 atom stereocenters. The van der Waals surface area contributed by atoms with Crippen LogP contribution < -0.4 is 4.74 Å². The number of aromatic nitrogens is 2. The van der Waals surface area contributed by atoms with Gasteiger partial charge in [0.2, 0.25) is 0 Å². The summed E-state index contributed by atoms with van der Waals surface area (Å²) in [5.74, 6) is 1.16. The molecule has 0 fully saturated rings. The highest BCUT2D eigenvalue weighted by atomic mass is 35.5. The first-order valence-electron chi connectivity index (χ1n) is 7.84. The topological polar surface area (TPSA) is 104 Å². The van der Waals surface area contributed by atoms with Crippen LogP contribution in [0.3, 0.4) is 0 Å². The van der Waals surface area contributed by atoms with Crippen LogP contribution in [0.25, 0.3) is 34.1 Å². The second kappa shape index (κ2) is 6.40. The first-order valence-corrected chi connectivity index (χ1v) is 8.21. The van der Waals surface area contributed by atoms with E-state index in [-0.39, 0.29) is 28.1 Å². The van der Waals surface area contributed by atoms with Gasteiger partial charge in [-0.3, -0.25) is 10.1 Å². The fraction of sp³-hybridized carbons (Fsp3) is 0.111. The molecule has 0 radical (unpaired) electrons. The highest BCUT2D eigenvalue weighted by Crippen LogP contribution is 2.39. The third kappa shape index (κ3) is 2.80. The molecule has 9 heteroatoms. The lowest BCUT2D eigenvalue weighted by molar-refractivity contribution is -0.384. The molecule has 0 unspecified atom stereocenters. The van der Waals surface area contributed by atoms with Crippen molar-refractivity contribution in [1.29, 1.82) is 0 Å². The summed E-state index contributed by atoms with van der Waals surface area (Å²) in [6.45, 7) is 1.85. The largest absolute Gasteiger partial charge is 0.496 e. The second-order valence-electron chi connectivity index (χ2n) is 5.72. The predicted octanol–water partition coefficient (Wildman–Crippen LogP) is 5.03. The van der Waals surface area contributed by atoms with Crippen LogP contribution in [-0.2, 0) is 0 Å². The van der Waals surface area contributed by atoms with Gasteiger partial charge in [0.25, 0.3) is 17.5 Å². The fourth-order valence-electron chi connectivity index (χ4n) is 2.90. The minimum atomic E-state index is -0.553. The number of ether oxygens (including phenoxy) is 1. The number of aryl methyl sites for hydroxylation is 1. The van der Waals surface area contributed by atoms with Crippen molar-refractivity contribution in [2.75, 3.05) is 7.11 Å². The Morgan fingerprint density at radius 2 is 1.93 bits per heavy atom. The molecule has 0 bridgehead atoms. The molecular weight excluding hydrogens is 374 g/mol. The van der Waals surface area contributed by atoms with E-state index in [0.29, 0.717) is 17.1 Å². The third-order valence-corrected chi connectivity index (χ3v) is 4.38. The van der Waals surface area contributed by atoms with Crippen LogP contribution in [0.5, 0.6) is 5.75 Å². The average Bonchev–Trinajstić information content (AvgIpc) is 3.26. The number of nitro groups is 1. The van der Waals surface area contributed by atoms with Crippen LogP contribution in [0.15, 0.2) is 45.2 Å². The molecule has 2 aromatic heterocycles. The molecule has 136 valence electrons. The van der Waals surface area contributed by atoms with Crippen molar-refractivity contribution in [3.05, 3.63) is 57.1 Å². The number of benzene rings is 2. The highest BCUT2D eigenvalue weighted by Gasteiger charge is 2.24. The van der Waals surface area contributed by atoms with Gasteiger partial charge in [-0.25, -0.2) is 0 Å². The van der Waals surface area contributed by atoms with Crippen molar-refractivity contribution in [3.63, 3.8) is 0 Å². The molecule has 0 aliphatic carbocycles. The van der Waals surface area contributed by atoms with Crippen molar-refractivity contribution >= 4 is 28.3 Å². The van der Waals surface area contributed by atoms with E-state index in [1.54, 1.807) is 13.2 Å². The van der Waals surface area contributed by atoms with Crippen molar-refractivity contribution in [2.24, 2.45) is 0 Å². The van der Waals surface area contributed by atoms with E-state index in [0.717, 1.165) is 10.9 Å². The summed E-state index contributed by atoms with van der Waals surface area (Å²) < 4.78 is 16.9. The van der Waals surface area contributed by atoms with Gasteiger partial charge in [-0.1, -0.05) is 17.7 Å². The number of hydrogen-bond donors (Lipinski definition) is 0. The zero-order valence-electron chi connectivity index (χ0n) is 14.2. The Morgan fingerprint density at radius 1 is 1.15 bits per heavy atom. The van der Waals surface area contributed by atoms with Crippen molar-refractivity contribution in [2.45, 2.75) is 6.92 Å². The van der Waals surface area contributed by atoms with Crippen LogP contribution in [0, 0.1) is 17.0 Å². The molecular formula is C18H12ClN3O5. The third-order valence-electron chi connectivity index (χ3n) is 4.14. The van der Waals surface area contributed by atoms with Crippen LogP contribution in [-0.4, -0.2) is 22.2 Å². The molecule has 0 N–H and O–H groups in total. The van der Waals surface area contributed by atoms with E-state index in [1.807, 2.05) is 19.1 Å². The van der Waals surface area contributed by atoms with Crippen LogP contribution in [0.4, 0.5) is 5.69 Å². The summed E-state index contributed by atoms with van der Waals surface area (Å²) in [6, 6.07) is 9.65. The Labute approximate surface area is 157 Å². The molecule has 0 aliphatic heterocycles. The highest BCUT2D eigenvalue weighted by molar-refractivity contribution is 6.30. The number of nitrogens with zero attached hydrogens (tertiary/aromatic N) is 3. The minimum absolute atomic E-state index is 0.000174. The lowest BCUT2D eigenvalue weighted by Gasteiger charge is -2.00. The minimum Gasteiger partial charge on any atom is -0.496 e. The molecule has 0 amide bonds. The molecule has 0 saturated heterocycles. The lowest BCUT2D eigenvalue weighted by atomic mass is 10.1. The first-order chi connectivity index (χ1) is 13.0. The van der Waals surface area contributed by atoms with Gasteiger partial charge in [0.1, 0.15) is 16.9 Å². The van der Waals surface area contributed by atoms with Gasteiger partial charge in [-0.15, -0.1) is 10.2 Å². The number of nitro benzene ring substituents is 1. The summed E-state index contributed by atoms with van der Waals surface area (Å²) in [4.78, 5) is 10.7. The molecule has 0 aliphatic rings. The average molecular weight is 386 g/mol. The Morgan fingerprint density at radius 3 is 2.67 bits per heavy atom. The first kappa shape index (κ1) is 17.0. The molecule has 0 spiro atoms. The molecule has 4 rings (SSSR count). The van der Waals surface area contributed by atoms with E-state index >= 15 is 0 Å². The molecule has 4 aromatic rings. The zero-order chi connectivity index (χ0) is 19.1. The molecule has 8 nitrogen and oxygen atoms in total. The fourth-order valence-corrected chi connectivity index (χ4v) is 3.07. The van der Waals surface area contributed by atoms with Gasteiger partial charge in [0, 0.05) is 16.7 Å². The Kier molecular flexibility index (Phi) is 4.04. The maximum atomic E-state index is 11.3. The molecule has 2 heterocycles. The van der Waals surface area contributed by atoms with Crippen LogP contribution in [0.2, 0.25) is 5.02 Å². The molecule has 2 aromatic carbocycles. The number of fused-ring (bicyclic) bond motifs is 1. The quantitative estimate of drug-likeness (QED) is 0.358. The van der Waals surface area contributed by atoms with Crippen LogP contribution >= 0.6 is 11.6 Å². The van der Waals surface area contributed by atoms with Gasteiger partial charge >= 0.3 is 0 Å². The van der Waals surface area contributed by atoms with E-state index < -0.39 is 4.92 Å². The van der Waals surface area contributed by atoms with E-state index in [2.05, 4.69) is 10.2 Å². The summed E-state index contributed by atoms with van der Waals surface area (Å²) in [5, 5.41) is 20.3. The smallest absolute Gasteiger partial charge is 0.284 e. The zero-order valence-corrected chi connectivity index (χ0v) is 15.0. The molecule has 0 saturated carbocycles. The normalized spacial score (nSPS) is 11.1. The van der Waals surface area contributed by atoms with E-state index in [9.17, 15) is 10.1 Å². The maximum Gasteiger partial charge on any atom is 0.284 e. The Balaban J connectivity index is 1.84.